The summed E-state index contributed by atoms with van der Waals surface area (Å²) in [6.45, 7) is 3.75. The van der Waals surface area contributed by atoms with Gasteiger partial charge in [0.1, 0.15) is 17.3 Å². The lowest BCUT2D eigenvalue weighted by Crippen LogP contribution is -2.39. The summed E-state index contributed by atoms with van der Waals surface area (Å²) in [5.74, 6) is -1.80. The van der Waals surface area contributed by atoms with Gasteiger partial charge in [-0.1, -0.05) is 44.2 Å². The van der Waals surface area contributed by atoms with E-state index in [1.54, 1.807) is 16.7 Å². The molecule has 210 valence electrons. The Bertz CT molecular complexity index is 1230. The second-order valence-corrected chi connectivity index (χ2v) is 9.96. The third kappa shape index (κ3) is 8.44. The SMILES string of the molecule is CC(C)c1c(C(=O)N[C@@H](CO)Cc2ccccc2)nc(-c2ccc(F)cc2)n1CC[C@@H](O)C[C@@H](O)CC(=O)O. The fourth-order valence-electron chi connectivity index (χ4n) is 4.57. The minimum Gasteiger partial charge on any atom is -0.481 e. The molecule has 1 aromatic heterocycles. The molecule has 0 unspecified atom stereocenters. The molecule has 3 aromatic rings. The van der Waals surface area contributed by atoms with Crippen LogP contribution in [0.5, 0.6) is 0 Å². The van der Waals surface area contributed by atoms with Gasteiger partial charge in [-0.25, -0.2) is 9.37 Å². The fraction of sp³-hybridized carbons (Fsp3) is 0.414. The van der Waals surface area contributed by atoms with Crippen molar-refractivity contribution in [2.45, 2.75) is 70.2 Å². The summed E-state index contributed by atoms with van der Waals surface area (Å²) in [6.07, 6.45) is -2.19. The zero-order valence-electron chi connectivity index (χ0n) is 22.1. The first-order valence-corrected chi connectivity index (χ1v) is 13.0. The van der Waals surface area contributed by atoms with Gasteiger partial charge in [-0.2, -0.15) is 0 Å². The number of aliphatic hydroxyl groups excluding tert-OH is 3. The van der Waals surface area contributed by atoms with Crippen LogP contribution in [-0.4, -0.2) is 66.7 Å². The van der Waals surface area contributed by atoms with E-state index in [0.29, 0.717) is 23.5 Å². The number of amides is 1. The minimum atomic E-state index is -1.19. The number of nitrogens with zero attached hydrogens (tertiary/aromatic N) is 2. The van der Waals surface area contributed by atoms with Crippen molar-refractivity contribution in [3.63, 3.8) is 0 Å². The normalized spacial score (nSPS) is 13.7. The Balaban J connectivity index is 1.92. The highest BCUT2D eigenvalue weighted by atomic mass is 19.1. The zero-order valence-corrected chi connectivity index (χ0v) is 22.1. The number of rotatable bonds is 14. The summed E-state index contributed by atoms with van der Waals surface area (Å²) in [5.41, 5.74) is 2.29. The highest BCUT2D eigenvalue weighted by molar-refractivity contribution is 5.94. The van der Waals surface area contributed by atoms with Crippen molar-refractivity contribution >= 4 is 11.9 Å². The van der Waals surface area contributed by atoms with E-state index in [-0.39, 0.29) is 37.6 Å². The van der Waals surface area contributed by atoms with Crippen LogP contribution < -0.4 is 5.32 Å². The molecule has 9 nitrogen and oxygen atoms in total. The number of carboxylic acid groups (broad SMARTS) is 1. The second-order valence-electron chi connectivity index (χ2n) is 9.96. The van der Waals surface area contributed by atoms with Crippen LogP contribution in [0.15, 0.2) is 54.6 Å². The summed E-state index contributed by atoms with van der Waals surface area (Å²) in [7, 11) is 0. The molecule has 0 fully saturated rings. The summed E-state index contributed by atoms with van der Waals surface area (Å²) in [4.78, 5) is 29.0. The zero-order chi connectivity index (χ0) is 28.5. The van der Waals surface area contributed by atoms with E-state index in [0.717, 1.165) is 5.56 Å². The van der Waals surface area contributed by atoms with Crippen LogP contribution in [-0.2, 0) is 17.8 Å². The Hall–Kier alpha value is -3.60. The van der Waals surface area contributed by atoms with Crippen LogP contribution in [0.25, 0.3) is 11.4 Å². The maximum absolute atomic E-state index is 13.7. The highest BCUT2D eigenvalue weighted by Gasteiger charge is 2.27. The molecule has 0 aliphatic heterocycles. The number of hydrogen-bond acceptors (Lipinski definition) is 6. The van der Waals surface area contributed by atoms with Crippen molar-refractivity contribution in [2.75, 3.05) is 6.61 Å². The van der Waals surface area contributed by atoms with Gasteiger partial charge in [0.15, 0.2) is 0 Å². The van der Waals surface area contributed by atoms with Crippen LogP contribution in [0.3, 0.4) is 0 Å². The summed E-state index contributed by atoms with van der Waals surface area (Å²) < 4.78 is 15.5. The number of aliphatic hydroxyl groups is 3. The smallest absolute Gasteiger partial charge is 0.305 e. The number of benzene rings is 2. The Morgan fingerprint density at radius 2 is 1.69 bits per heavy atom. The topological polar surface area (TPSA) is 145 Å². The quantitative estimate of drug-likeness (QED) is 0.211. The Morgan fingerprint density at radius 3 is 2.28 bits per heavy atom. The molecule has 0 saturated heterocycles. The molecule has 5 N–H and O–H groups in total. The van der Waals surface area contributed by atoms with Crippen molar-refractivity contribution in [3.8, 4) is 11.4 Å². The number of carbonyl (C=O) groups is 2. The number of carbonyl (C=O) groups excluding carboxylic acids is 1. The van der Waals surface area contributed by atoms with Crippen molar-refractivity contribution in [1.82, 2.24) is 14.9 Å². The van der Waals surface area contributed by atoms with Gasteiger partial charge in [-0.3, -0.25) is 9.59 Å². The first-order valence-electron chi connectivity index (χ1n) is 13.0. The second kappa shape index (κ2) is 14.0. The highest BCUT2D eigenvalue weighted by Crippen LogP contribution is 2.29. The largest absolute Gasteiger partial charge is 0.481 e. The van der Waals surface area contributed by atoms with Crippen LogP contribution in [0.4, 0.5) is 4.39 Å². The van der Waals surface area contributed by atoms with Crippen molar-refractivity contribution in [1.29, 1.82) is 0 Å². The number of hydrogen-bond donors (Lipinski definition) is 5. The number of aliphatic carboxylic acids is 1. The summed E-state index contributed by atoms with van der Waals surface area (Å²) >= 11 is 0. The van der Waals surface area contributed by atoms with Gasteiger partial charge in [0.05, 0.1) is 37.0 Å². The van der Waals surface area contributed by atoms with Crippen molar-refractivity contribution < 1.29 is 34.4 Å². The molecule has 2 aromatic carbocycles. The van der Waals surface area contributed by atoms with E-state index in [1.807, 2.05) is 44.2 Å². The molecule has 0 spiro atoms. The molecule has 0 aliphatic rings. The van der Waals surface area contributed by atoms with E-state index in [9.17, 15) is 29.3 Å². The lowest BCUT2D eigenvalue weighted by atomic mass is 10.0. The molecule has 3 rings (SSSR count). The molecular formula is C29H36FN3O6. The predicted octanol–water partition coefficient (Wildman–Crippen LogP) is 3.12. The van der Waals surface area contributed by atoms with E-state index < -0.39 is 42.4 Å². The number of halogens is 1. The average Bonchev–Trinajstić information content (AvgIpc) is 3.27. The summed E-state index contributed by atoms with van der Waals surface area (Å²) in [6, 6.07) is 14.6. The molecular weight excluding hydrogens is 505 g/mol. The van der Waals surface area contributed by atoms with Gasteiger partial charge in [0.25, 0.3) is 5.91 Å². The van der Waals surface area contributed by atoms with E-state index in [1.165, 1.54) is 12.1 Å². The van der Waals surface area contributed by atoms with Gasteiger partial charge < -0.3 is 30.3 Å². The van der Waals surface area contributed by atoms with Crippen molar-refractivity contribution in [2.24, 2.45) is 0 Å². The Morgan fingerprint density at radius 1 is 1.03 bits per heavy atom. The Kier molecular flexibility index (Phi) is 10.7. The van der Waals surface area contributed by atoms with Gasteiger partial charge >= 0.3 is 5.97 Å². The van der Waals surface area contributed by atoms with Crippen LogP contribution in [0.2, 0.25) is 0 Å². The maximum atomic E-state index is 13.7. The molecule has 10 heteroatoms. The molecule has 39 heavy (non-hydrogen) atoms. The number of imidazole rings is 1. The first-order chi connectivity index (χ1) is 18.6. The minimum absolute atomic E-state index is 0.116. The molecule has 3 atom stereocenters. The molecule has 0 saturated carbocycles. The summed E-state index contributed by atoms with van der Waals surface area (Å²) in [5, 5.41) is 42.1. The van der Waals surface area contributed by atoms with Gasteiger partial charge in [0, 0.05) is 12.1 Å². The maximum Gasteiger partial charge on any atom is 0.305 e. The first kappa shape index (κ1) is 29.9. The molecule has 0 radical (unpaired) electrons. The standard InChI is InChI=1S/C29H36FN3O6/c1-18(2)27-26(29(39)31-22(17-34)14-19-6-4-3-5-7-19)32-28(20-8-10-21(30)11-9-20)33(27)13-12-23(35)15-24(36)16-25(37)38/h3-11,18,22-24,34-36H,12-17H2,1-2H3,(H,31,39)(H,37,38)/t22-,23-,24-/m1/s1. The van der Waals surface area contributed by atoms with Gasteiger partial charge in [0.2, 0.25) is 0 Å². The van der Waals surface area contributed by atoms with Gasteiger partial charge in [-0.05, 0) is 55.0 Å². The number of carboxylic acids is 1. The fourth-order valence-corrected chi connectivity index (χ4v) is 4.57. The van der Waals surface area contributed by atoms with Crippen LogP contribution >= 0.6 is 0 Å². The van der Waals surface area contributed by atoms with Gasteiger partial charge in [-0.15, -0.1) is 0 Å². The van der Waals surface area contributed by atoms with Crippen molar-refractivity contribution in [3.05, 3.63) is 77.4 Å². The van der Waals surface area contributed by atoms with E-state index in [2.05, 4.69) is 10.3 Å². The number of aromatic nitrogens is 2. The lowest BCUT2D eigenvalue weighted by Gasteiger charge is -2.19. The number of nitrogens with one attached hydrogen (secondary N) is 1. The average molecular weight is 542 g/mol. The van der Waals surface area contributed by atoms with E-state index in [4.69, 9.17) is 5.11 Å². The predicted molar refractivity (Wildman–Crippen MR) is 144 cm³/mol. The lowest BCUT2D eigenvalue weighted by molar-refractivity contribution is -0.139. The molecule has 1 amide bonds. The van der Waals surface area contributed by atoms with Crippen LogP contribution in [0, 0.1) is 5.82 Å². The third-order valence-electron chi connectivity index (χ3n) is 6.39. The molecule has 0 aliphatic carbocycles. The molecule has 1 heterocycles. The van der Waals surface area contributed by atoms with Crippen LogP contribution in [0.1, 0.15) is 60.8 Å². The monoisotopic (exact) mass is 541 g/mol. The molecule has 0 bridgehead atoms. The Labute approximate surface area is 227 Å². The van der Waals surface area contributed by atoms with E-state index >= 15 is 0 Å². The third-order valence-corrected chi connectivity index (χ3v) is 6.39.